The van der Waals surface area contributed by atoms with Crippen LogP contribution in [0.5, 0.6) is 0 Å². The summed E-state index contributed by atoms with van der Waals surface area (Å²) in [6.45, 7) is 0.0547. The smallest absolute Gasteiger partial charge is 0.354 e. The monoisotopic (exact) mass is 353 g/mol. The molecule has 0 bridgehead atoms. The van der Waals surface area contributed by atoms with Crippen molar-refractivity contribution in [3.63, 3.8) is 0 Å². The molecule has 0 unspecified atom stereocenters. The van der Waals surface area contributed by atoms with Crippen LogP contribution >= 0.6 is 0 Å². The van der Waals surface area contributed by atoms with E-state index in [-0.39, 0.29) is 17.9 Å². The predicted octanol–water partition coefficient (Wildman–Crippen LogP) is 1.76. The number of nitrogens with zero attached hydrogens (tertiary/aromatic N) is 4. The second-order valence-corrected chi connectivity index (χ2v) is 5.97. The number of amides is 1. The molecule has 132 valence electrons. The molecule has 1 amide bonds. The van der Waals surface area contributed by atoms with Crippen LogP contribution in [0, 0.1) is 0 Å². The molecule has 2 heterocycles. The molecule has 9 nitrogen and oxygen atoms in total. The van der Waals surface area contributed by atoms with E-state index in [9.17, 15) is 14.7 Å². The summed E-state index contributed by atoms with van der Waals surface area (Å²) < 4.78 is 6.31. The number of carbonyl (C=O) groups is 2. The molecule has 1 fully saturated rings. The Balaban J connectivity index is 1.51. The van der Waals surface area contributed by atoms with Gasteiger partial charge in [0, 0.05) is 12.0 Å². The van der Waals surface area contributed by atoms with Crippen LogP contribution in [0.15, 0.2) is 40.9 Å². The van der Waals surface area contributed by atoms with E-state index in [1.54, 1.807) is 30.3 Å². The standard InChI is InChI=1S/C17H15N5O4/c23-16(18-9-14-19-15(21-26-14)10-6-7-10)12-8-13(17(24)25)22(20-12)11-4-2-1-3-5-11/h1-5,8,10H,6-7,9H2,(H,18,23)(H,24,25). The largest absolute Gasteiger partial charge is 0.477 e. The van der Waals surface area contributed by atoms with Crippen molar-refractivity contribution in [1.82, 2.24) is 25.2 Å². The van der Waals surface area contributed by atoms with Crippen LogP contribution in [-0.2, 0) is 6.54 Å². The lowest BCUT2D eigenvalue weighted by molar-refractivity contribution is 0.0686. The minimum atomic E-state index is -1.17. The molecule has 0 radical (unpaired) electrons. The van der Waals surface area contributed by atoms with Crippen molar-refractivity contribution in [2.75, 3.05) is 0 Å². The number of aromatic carboxylic acids is 1. The number of hydrogen-bond donors (Lipinski definition) is 2. The third-order valence-corrected chi connectivity index (χ3v) is 3.99. The Bertz CT molecular complexity index is 959. The van der Waals surface area contributed by atoms with Crippen molar-refractivity contribution in [2.45, 2.75) is 25.3 Å². The van der Waals surface area contributed by atoms with Crippen molar-refractivity contribution in [1.29, 1.82) is 0 Å². The maximum absolute atomic E-state index is 12.3. The molecule has 1 aromatic carbocycles. The van der Waals surface area contributed by atoms with Gasteiger partial charge in [-0.15, -0.1) is 0 Å². The zero-order valence-corrected chi connectivity index (χ0v) is 13.6. The highest BCUT2D eigenvalue weighted by atomic mass is 16.5. The first-order chi connectivity index (χ1) is 12.6. The van der Waals surface area contributed by atoms with Crippen LogP contribution in [0.25, 0.3) is 5.69 Å². The Kier molecular flexibility index (Phi) is 3.96. The van der Waals surface area contributed by atoms with E-state index in [2.05, 4.69) is 20.6 Å². The number of carboxylic acids is 1. The number of para-hydroxylation sites is 1. The number of aromatic nitrogens is 4. The van der Waals surface area contributed by atoms with Gasteiger partial charge in [0.15, 0.2) is 17.2 Å². The Morgan fingerprint density at radius 2 is 2.04 bits per heavy atom. The van der Waals surface area contributed by atoms with Gasteiger partial charge in [-0.3, -0.25) is 4.79 Å². The Labute approximate surface area is 147 Å². The molecule has 1 aliphatic carbocycles. The Hall–Kier alpha value is -3.49. The van der Waals surface area contributed by atoms with Gasteiger partial charge < -0.3 is 14.9 Å². The summed E-state index contributed by atoms with van der Waals surface area (Å²) in [6, 6.07) is 9.97. The molecule has 1 aliphatic rings. The number of nitrogens with one attached hydrogen (secondary N) is 1. The molecule has 0 saturated heterocycles. The predicted molar refractivity (Wildman–Crippen MR) is 88.0 cm³/mol. The van der Waals surface area contributed by atoms with Gasteiger partial charge in [0.2, 0.25) is 5.89 Å². The van der Waals surface area contributed by atoms with E-state index >= 15 is 0 Å². The fourth-order valence-corrected chi connectivity index (χ4v) is 2.50. The average Bonchev–Trinajstić information content (AvgIpc) is 3.22. The first kappa shape index (κ1) is 16.0. The zero-order chi connectivity index (χ0) is 18.1. The summed E-state index contributed by atoms with van der Waals surface area (Å²) >= 11 is 0. The van der Waals surface area contributed by atoms with E-state index in [4.69, 9.17) is 4.52 Å². The zero-order valence-electron chi connectivity index (χ0n) is 13.6. The van der Waals surface area contributed by atoms with E-state index < -0.39 is 11.9 Å². The minimum Gasteiger partial charge on any atom is -0.477 e. The van der Waals surface area contributed by atoms with Crippen molar-refractivity contribution in [2.24, 2.45) is 0 Å². The molecule has 2 aromatic heterocycles. The van der Waals surface area contributed by atoms with Gasteiger partial charge in [0.05, 0.1) is 12.2 Å². The lowest BCUT2D eigenvalue weighted by Gasteiger charge is -2.03. The minimum absolute atomic E-state index is 0.00631. The number of carboxylic acid groups (broad SMARTS) is 1. The molecule has 1 saturated carbocycles. The summed E-state index contributed by atoms with van der Waals surface area (Å²) in [7, 11) is 0. The first-order valence-corrected chi connectivity index (χ1v) is 8.11. The van der Waals surface area contributed by atoms with E-state index in [1.165, 1.54) is 10.7 Å². The lowest BCUT2D eigenvalue weighted by Crippen LogP contribution is -2.23. The molecule has 9 heteroatoms. The van der Waals surface area contributed by atoms with Crippen LogP contribution in [0.2, 0.25) is 0 Å². The second-order valence-electron chi connectivity index (χ2n) is 5.97. The molecule has 0 spiro atoms. The van der Waals surface area contributed by atoms with Crippen LogP contribution in [0.4, 0.5) is 0 Å². The summed E-state index contributed by atoms with van der Waals surface area (Å²) in [4.78, 5) is 28.0. The maximum atomic E-state index is 12.3. The van der Waals surface area contributed by atoms with Gasteiger partial charge in [-0.1, -0.05) is 23.4 Å². The van der Waals surface area contributed by atoms with Gasteiger partial charge in [-0.25, -0.2) is 9.48 Å². The summed E-state index contributed by atoms with van der Waals surface area (Å²) in [6.07, 6.45) is 2.11. The Morgan fingerprint density at radius 1 is 1.27 bits per heavy atom. The number of carbonyl (C=O) groups excluding carboxylic acids is 1. The van der Waals surface area contributed by atoms with Gasteiger partial charge >= 0.3 is 5.97 Å². The molecular weight excluding hydrogens is 338 g/mol. The van der Waals surface area contributed by atoms with Gasteiger partial charge in [0.25, 0.3) is 5.91 Å². The van der Waals surface area contributed by atoms with Crippen LogP contribution < -0.4 is 5.32 Å². The first-order valence-electron chi connectivity index (χ1n) is 8.11. The van der Waals surface area contributed by atoms with Gasteiger partial charge in [-0.05, 0) is 25.0 Å². The highest BCUT2D eigenvalue weighted by Gasteiger charge is 2.29. The van der Waals surface area contributed by atoms with Crippen LogP contribution in [0.3, 0.4) is 0 Å². The van der Waals surface area contributed by atoms with Crippen LogP contribution in [-0.4, -0.2) is 36.9 Å². The number of hydrogen-bond acceptors (Lipinski definition) is 6. The SMILES string of the molecule is O=C(NCc1nc(C2CC2)no1)c1cc(C(=O)O)n(-c2ccccc2)n1. The lowest BCUT2D eigenvalue weighted by atomic mass is 10.3. The summed E-state index contributed by atoms with van der Waals surface area (Å²) in [5.74, 6) is -0.361. The van der Waals surface area contributed by atoms with Crippen molar-refractivity contribution < 1.29 is 19.2 Å². The highest BCUT2D eigenvalue weighted by Crippen LogP contribution is 2.38. The second kappa shape index (κ2) is 6.43. The van der Waals surface area contributed by atoms with E-state index in [0.717, 1.165) is 12.8 Å². The fourth-order valence-electron chi connectivity index (χ4n) is 2.50. The third-order valence-electron chi connectivity index (χ3n) is 3.99. The molecule has 3 aromatic rings. The number of benzene rings is 1. The quantitative estimate of drug-likeness (QED) is 0.692. The topological polar surface area (TPSA) is 123 Å². The maximum Gasteiger partial charge on any atom is 0.354 e. The molecule has 0 atom stereocenters. The Morgan fingerprint density at radius 3 is 2.73 bits per heavy atom. The summed E-state index contributed by atoms with van der Waals surface area (Å²) in [5.41, 5.74) is 0.443. The third kappa shape index (κ3) is 3.18. The molecule has 26 heavy (non-hydrogen) atoms. The van der Waals surface area contributed by atoms with Crippen molar-refractivity contribution in [3.05, 3.63) is 59.5 Å². The van der Waals surface area contributed by atoms with E-state index in [1.807, 2.05) is 0 Å². The van der Waals surface area contributed by atoms with Gasteiger partial charge in [-0.2, -0.15) is 10.1 Å². The molecule has 0 aliphatic heterocycles. The molecule has 2 N–H and O–H groups in total. The van der Waals surface area contributed by atoms with Crippen molar-refractivity contribution >= 4 is 11.9 Å². The summed E-state index contributed by atoms with van der Waals surface area (Å²) in [5, 5.41) is 20.0. The fraction of sp³-hybridized carbons (Fsp3) is 0.235. The number of rotatable bonds is 6. The van der Waals surface area contributed by atoms with Crippen LogP contribution in [0.1, 0.15) is 51.5 Å². The van der Waals surface area contributed by atoms with Crippen molar-refractivity contribution in [3.8, 4) is 5.69 Å². The van der Waals surface area contributed by atoms with E-state index in [0.29, 0.717) is 23.3 Å². The normalized spacial score (nSPS) is 13.5. The molecule has 4 rings (SSSR count). The highest BCUT2D eigenvalue weighted by molar-refractivity contribution is 5.95. The average molecular weight is 353 g/mol. The molecular formula is C17H15N5O4. The van der Waals surface area contributed by atoms with Gasteiger partial charge in [0.1, 0.15) is 0 Å².